The van der Waals surface area contributed by atoms with E-state index in [4.69, 9.17) is 0 Å². The van der Waals surface area contributed by atoms with Crippen molar-refractivity contribution < 1.29 is 16.8 Å². The Balaban J connectivity index is 2.14. The van der Waals surface area contributed by atoms with Gasteiger partial charge < -0.3 is 0 Å². The Morgan fingerprint density at radius 1 is 1.39 bits per heavy atom. The minimum Gasteiger partial charge on any atom is -0.229 e. The Bertz CT molecular complexity index is 635. The van der Waals surface area contributed by atoms with Crippen LogP contribution >= 0.6 is 27.3 Å². The lowest BCUT2D eigenvalue weighted by Gasteiger charge is -2.22. The lowest BCUT2D eigenvalue weighted by molar-refractivity contribution is 0.518. The van der Waals surface area contributed by atoms with Gasteiger partial charge in [-0.15, -0.1) is 11.3 Å². The van der Waals surface area contributed by atoms with Crippen molar-refractivity contribution >= 4 is 47.1 Å². The molecule has 1 aliphatic rings. The number of halogens is 1. The Kier molecular flexibility index (Phi) is 4.17. The zero-order chi connectivity index (χ0) is 13.4. The minimum atomic E-state index is -3.62. The first-order valence-corrected chi connectivity index (χ1v) is 10.2. The fourth-order valence-corrected chi connectivity index (χ4v) is 6.87. The van der Waals surface area contributed by atoms with Crippen molar-refractivity contribution in [1.82, 2.24) is 4.72 Å². The molecule has 0 aliphatic carbocycles. The van der Waals surface area contributed by atoms with Gasteiger partial charge in [-0.05, 0) is 40.9 Å². The van der Waals surface area contributed by atoms with E-state index in [-0.39, 0.29) is 15.7 Å². The molecule has 0 spiro atoms. The Labute approximate surface area is 119 Å². The molecule has 0 saturated carbocycles. The summed E-state index contributed by atoms with van der Waals surface area (Å²) in [6.07, 6.45) is 1.06. The molecule has 5 nitrogen and oxygen atoms in total. The van der Waals surface area contributed by atoms with Gasteiger partial charge >= 0.3 is 0 Å². The second-order valence-electron chi connectivity index (χ2n) is 4.13. The van der Waals surface area contributed by atoms with E-state index in [1.54, 1.807) is 6.07 Å². The summed E-state index contributed by atoms with van der Waals surface area (Å²) in [5, 5.41) is 0. The molecule has 9 heteroatoms. The molecule has 0 amide bonds. The molecule has 18 heavy (non-hydrogen) atoms. The van der Waals surface area contributed by atoms with Crippen molar-refractivity contribution in [2.24, 2.45) is 0 Å². The zero-order valence-corrected chi connectivity index (χ0v) is 13.3. The highest BCUT2D eigenvalue weighted by Gasteiger charge is 2.29. The first kappa shape index (κ1) is 14.4. The van der Waals surface area contributed by atoms with Crippen LogP contribution in [0.3, 0.4) is 0 Å². The number of nitrogens with one attached hydrogen (secondary N) is 1. The highest BCUT2D eigenvalue weighted by molar-refractivity contribution is 9.11. The molecule has 2 rings (SSSR count). The molecule has 1 atom stereocenters. The third-order valence-electron chi connectivity index (χ3n) is 2.60. The fourth-order valence-electron chi connectivity index (χ4n) is 1.84. The molecule has 0 aromatic carbocycles. The third kappa shape index (κ3) is 3.53. The summed E-state index contributed by atoms with van der Waals surface area (Å²) in [6, 6.07) is 2.63. The second kappa shape index (κ2) is 5.20. The van der Waals surface area contributed by atoms with Crippen molar-refractivity contribution in [3.8, 4) is 0 Å². The van der Waals surface area contributed by atoms with Gasteiger partial charge in [0, 0.05) is 6.04 Å². The van der Waals surface area contributed by atoms with E-state index in [0.29, 0.717) is 12.8 Å². The highest BCUT2D eigenvalue weighted by Crippen LogP contribution is 2.26. The number of thiophene rings is 1. The molecular weight excluding hydrogens is 362 g/mol. The van der Waals surface area contributed by atoms with Crippen LogP contribution in [-0.2, 0) is 19.9 Å². The monoisotopic (exact) mass is 373 g/mol. The smallest absolute Gasteiger partial charge is 0.229 e. The molecule has 1 aliphatic heterocycles. The van der Waals surface area contributed by atoms with Crippen LogP contribution in [0.4, 0.5) is 0 Å². The first-order valence-electron chi connectivity index (χ1n) is 5.27. The molecular formula is C9H12BrNO4S3. The lowest BCUT2D eigenvalue weighted by atomic mass is 10.2. The van der Waals surface area contributed by atoms with Crippen LogP contribution in [0, 0.1) is 0 Å². The van der Waals surface area contributed by atoms with E-state index in [2.05, 4.69) is 20.7 Å². The van der Waals surface area contributed by atoms with Gasteiger partial charge in [0.15, 0.2) is 9.84 Å². The standard InChI is InChI=1S/C9H12BrNO4S3/c10-8-3-4-9(16-8)18(14,15)11-7-2-1-5-17(12,13)6-7/h3-4,7,11H,1-2,5-6H2. The van der Waals surface area contributed by atoms with Gasteiger partial charge in [0.25, 0.3) is 0 Å². The number of sulfone groups is 1. The van der Waals surface area contributed by atoms with Crippen molar-refractivity contribution in [1.29, 1.82) is 0 Å². The normalized spacial score (nSPS) is 23.9. The quantitative estimate of drug-likeness (QED) is 0.867. The topological polar surface area (TPSA) is 80.3 Å². The fraction of sp³-hybridized carbons (Fsp3) is 0.556. The molecule has 1 fully saturated rings. The van der Waals surface area contributed by atoms with Crippen LogP contribution in [0.5, 0.6) is 0 Å². The number of hydrogen-bond acceptors (Lipinski definition) is 5. The Hall–Kier alpha value is 0.0400. The van der Waals surface area contributed by atoms with E-state index < -0.39 is 25.9 Å². The summed E-state index contributed by atoms with van der Waals surface area (Å²) < 4.78 is 50.3. The van der Waals surface area contributed by atoms with E-state index in [0.717, 1.165) is 15.1 Å². The maximum Gasteiger partial charge on any atom is 0.250 e. The van der Waals surface area contributed by atoms with Gasteiger partial charge in [-0.3, -0.25) is 0 Å². The van der Waals surface area contributed by atoms with E-state index in [9.17, 15) is 16.8 Å². The molecule has 1 saturated heterocycles. The molecule has 0 bridgehead atoms. The van der Waals surface area contributed by atoms with Gasteiger partial charge in [-0.25, -0.2) is 21.6 Å². The summed E-state index contributed by atoms with van der Waals surface area (Å²) in [5.41, 5.74) is 0. The van der Waals surface area contributed by atoms with Crippen molar-refractivity contribution in [2.75, 3.05) is 11.5 Å². The Morgan fingerprint density at radius 2 is 2.11 bits per heavy atom. The van der Waals surface area contributed by atoms with Crippen LogP contribution in [0.15, 0.2) is 20.1 Å². The highest BCUT2D eigenvalue weighted by atomic mass is 79.9. The SMILES string of the molecule is O=S1(=O)CCCC(NS(=O)(=O)c2ccc(Br)s2)C1. The van der Waals surface area contributed by atoms with Gasteiger partial charge in [0.1, 0.15) is 4.21 Å². The summed E-state index contributed by atoms with van der Waals surface area (Å²) in [6.45, 7) is 0. The summed E-state index contributed by atoms with van der Waals surface area (Å²) in [5.74, 6) is 0.0363. The molecule has 1 unspecified atom stereocenters. The van der Waals surface area contributed by atoms with Crippen LogP contribution in [-0.4, -0.2) is 34.4 Å². The van der Waals surface area contributed by atoms with Crippen molar-refractivity contribution in [3.05, 3.63) is 15.9 Å². The molecule has 1 aromatic heterocycles. The largest absolute Gasteiger partial charge is 0.250 e. The number of hydrogen-bond donors (Lipinski definition) is 1. The molecule has 2 heterocycles. The maximum atomic E-state index is 12.0. The number of rotatable bonds is 3. The first-order chi connectivity index (χ1) is 8.28. The number of sulfonamides is 1. The predicted octanol–water partition coefficient (Wildman–Crippen LogP) is 1.37. The van der Waals surface area contributed by atoms with Crippen molar-refractivity contribution in [3.63, 3.8) is 0 Å². The van der Waals surface area contributed by atoms with Crippen LogP contribution in [0.1, 0.15) is 12.8 Å². The molecule has 1 aromatic rings. The van der Waals surface area contributed by atoms with E-state index in [1.807, 2.05) is 0 Å². The van der Waals surface area contributed by atoms with Gasteiger partial charge in [0.05, 0.1) is 15.3 Å². The summed E-state index contributed by atoms with van der Waals surface area (Å²) in [7, 11) is -6.73. The minimum absolute atomic E-state index is 0.112. The van der Waals surface area contributed by atoms with Crippen LogP contribution < -0.4 is 4.72 Å². The van der Waals surface area contributed by atoms with Gasteiger partial charge in [0.2, 0.25) is 10.0 Å². The predicted molar refractivity (Wildman–Crippen MR) is 74.0 cm³/mol. The lowest BCUT2D eigenvalue weighted by Crippen LogP contribution is -2.42. The maximum absolute atomic E-state index is 12.0. The average molecular weight is 374 g/mol. The van der Waals surface area contributed by atoms with E-state index in [1.165, 1.54) is 6.07 Å². The van der Waals surface area contributed by atoms with Gasteiger partial charge in [-0.1, -0.05) is 0 Å². The van der Waals surface area contributed by atoms with E-state index >= 15 is 0 Å². The van der Waals surface area contributed by atoms with Crippen LogP contribution in [0.2, 0.25) is 0 Å². The Morgan fingerprint density at radius 3 is 2.67 bits per heavy atom. The molecule has 0 radical (unpaired) electrons. The third-order valence-corrected chi connectivity index (χ3v) is 8.06. The van der Waals surface area contributed by atoms with Crippen molar-refractivity contribution in [2.45, 2.75) is 23.1 Å². The zero-order valence-electron chi connectivity index (χ0n) is 9.30. The molecule has 102 valence electrons. The summed E-state index contributed by atoms with van der Waals surface area (Å²) >= 11 is 4.30. The van der Waals surface area contributed by atoms with Crippen LogP contribution in [0.25, 0.3) is 0 Å². The second-order valence-corrected chi connectivity index (χ2v) is 10.8. The summed E-state index contributed by atoms with van der Waals surface area (Å²) in [4.78, 5) is 0. The molecule has 1 N–H and O–H groups in total. The van der Waals surface area contributed by atoms with Gasteiger partial charge in [-0.2, -0.15) is 0 Å². The average Bonchev–Trinajstić information content (AvgIpc) is 2.63.